The van der Waals surface area contributed by atoms with Gasteiger partial charge in [0.05, 0.1) is 17.0 Å². The lowest BCUT2D eigenvalue weighted by molar-refractivity contribution is -0.116. The van der Waals surface area contributed by atoms with E-state index in [1.54, 1.807) is 0 Å². The average Bonchev–Trinajstić information content (AvgIpc) is 2.98. The highest BCUT2D eigenvalue weighted by Crippen LogP contribution is 2.37. The second-order valence-electron chi connectivity index (χ2n) is 6.29. The molecular weight excluding hydrogens is 406 g/mol. The van der Waals surface area contributed by atoms with Crippen LogP contribution in [-0.4, -0.2) is 32.2 Å². The molecule has 0 fully saturated rings. The summed E-state index contributed by atoms with van der Waals surface area (Å²) in [7, 11) is -2.47. The number of rotatable bonds is 5. The van der Waals surface area contributed by atoms with Gasteiger partial charge in [-0.2, -0.15) is 9.57 Å². The Morgan fingerprint density at radius 3 is 2.63 bits per heavy atom. The molecule has 1 aromatic heterocycles. The second kappa shape index (κ2) is 7.98. The van der Waals surface area contributed by atoms with Crippen LogP contribution < -0.4 is 5.32 Å². The largest absolute Gasteiger partial charge is 0.315 e. The minimum Gasteiger partial charge on any atom is -0.315 e. The summed E-state index contributed by atoms with van der Waals surface area (Å²) in [5, 5.41) is 13.1. The Balaban J connectivity index is 1.73. The normalized spacial score (nSPS) is 13.9. The number of aryl methyl sites for hydroxylation is 1. The number of carbonyl (C=O) groups is 1. The van der Waals surface area contributed by atoms with Crippen molar-refractivity contribution in [1.29, 1.82) is 5.26 Å². The Bertz CT molecular complexity index is 1010. The fourth-order valence-electron chi connectivity index (χ4n) is 3.01. The first-order valence-electron chi connectivity index (χ1n) is 8.39. The molecule has 142 valence electrons. The van der Waals surface area contributed by atoms with Crippen LogP contribution in [0.3, 0.4) is 0 Å². The minimum atomic E-state index is -3.81. The van der Waals surface area contributed by atoms with Gasteiger partial charge in [-0.25, -0.2) is 8.42 Å². The van der Waals surface area contributed by atoms with Gasteiger partial charge >= 0.3 is 0 Å². The van der Waals surface area contributed by atoms with Crippen LogP contribution in [-0.2, 0) is 27.7 Å². The van der Waals surface area contributed by atoms with Crippen molar-refractivity contribution in [3.63, 3.8) is 0 Å². The third-order valence-corrected chi connectivity index (χ3v) is 7.70. The number of sulfonamides is 1. The number of halogens is 1. The van der Waals surface area contributed by atoms with Gasteiger partial charge in [-0.05, 0) is 55.5 Å². The summed E-state index contributed by atoms with van der Waals surface area (Å²) in [6, 6.07) is 7.93. The lowest BCUT2D eigenvalue weighted by Gasteiger charge is -2.16. The molecule has 0 aliphatic heterocycles. The van der Waals surface area contributed by atoms with Crippen LogP contribution in [0.5, 0.6) is 0 Å². The van der Waals surface area contributed by atoms with Gasteiger partial charge in [0.15, 0.2) is 0 Å². The van der Waals surface area contributed by atoms with E-state index >= 15 is 0 Å². The summed E-state index contributed by atoms with van der Waals surface area (Å²) in [5.41, 5.74) is 1.53. The van der Waals surface area contributed by atoms with E-state index in [0.717, 1.165) is 40.4 Å². The zero-order valence-electron chi connectivity index (χ0n) is 14.7. The fraction of sp³-hybridized carbons (Fsp3) is 0.333. The van der Waals surface area contributed by atoms with Crippen LogP contribution in [0, 0.1) is 11.3 Å². The molecule has 0 radical (unpaired) electrons. The van der Waals surface area contributed by atoms with Gasteiger partial charge in [0.2, 0.25) is 15.9 Å². The number of nitriles is 1. The van der Waals surface area contributed by atoms with Gasteiger partial charge in [0.25, 0.3) is 0 Å². The molecule has 27 heavy (non-hydrogen) atoms. The maximum absolute atomic E-state index is 12.6. The third kappa shape index (κ3) is 4.17. The molecule has 1 N–H and O–H groups in total. The van der Waals surface area contributed by atoms with E-state index in [9.17, 15) is 18.5 Å². The Morgan fingerprint density at radius 2 is 1.96 bits per heavy atom. The standard InChI is InChI=1S/C18H18ClN3O3S2/c1-22(27(24,25)13-8-6-12(19)7-9-13)11-17(23)21-18-15(10-20)14-4-2-3-5-16(14)26-18/h6-9H,2-5,11H2,1H3,(H,21,23). The van der Waals surface area contributed by atoms with Gasteiger partial charge in [-0.15, -0.1) is 11.3 Å². The molecule has 6 nitrogen and oxygen atoms in total. The van der Waals surface area contributed by atoms with Crippen molar-refractivity contribution in [1.82, 2.24) is 4.31 Å². The van der Waals surface area contributed by atoms with Crippen LogP contribution in [0.1, 0.15) is 28.8 Å². The lowest BCUT2D eigenvalue weighted by atomic mass is 9.96. The van der Waals surface area contributed by atoms with Crippen molar-refractivity contribution in [3.05, 3.63) is 45.3 Å². The number of fused-ring (bicyclic) bond motifs is 1. The number of thiophene rings is 1. The number of carbonyl (C=O) groups excluding carboxylic acids is 1. The molecule has 0 saturated heterocycles. The highest BCUT2D eigenvalue weighted by atomic mass is 35.5. The Hall–Kier alpha value is -1.92. The molecule has 0 unspecified atom stereocenters. The number of nitrogens with one attached hydrogen (secondary N) is 1. The number of benzene rings is 1. The molecule has 0 atom stereocenters. The maximum Gasteiger partial charge on any atom is 0.243 e. The molecule has 1 aliphatic carbocycles. The third-order valence-electron chi connectivity index (χ3n) is 4.42. The number of nitrogens with zero attached hydrogens (tertiary/aromatic N) is 2. The molecule has 1 heterocycles. The van der Waals surface area contributed by atoms with Crippen molar-refractivity contribution in [2.24, 2.45) is 0 Å². The van der Waals surface area contributed by atoms with Gasteiger partial charge in [-0.1, -0.05) is 11.6 Å². The molecule has 1 amide bonds. The number of likely N-dealkylation sites (N-methyl/N-ethyl adjacent to an activating group) is 1. The van der Waals surface area contributed by atoms with E-state index in [4.69, 9.17) is 11.6 Å². The molecule has 2 aromatic rings. The predicted octanol–water partition coefficient (Wildman–Crippen LogP) is 3.41. The van der Waals surface area contributed by atoms with Crippen LogP contribution in [0.25, 0.3) is 0 Å². The quantitative estimate of drug-likeness (QED) is 0.797. The molecule has 0 saturated carbocycles. The molecule has 0 spiro atoms. The van der Waals surface area contributed by atoms with E-state index in [0.29, 0.717) is 15.6 Å². The van der Waals surface area contributed by atoms with E-state index in [1.165, 1.54) is 42.6 Å². The number of amides is 1. The average molecular weight is 424 g/mol. The van der Waals surface area contributed by atoms with Crippen molar-refractivity contribution in [3.8, 4) is 6.07 Å². The summed E-state index contributed by atoms with van der Waals surface area (Å²) in [6.07, 6.45) is 3.87. The summed E-state index contributed by atoms with van der Waals surface area (Å²) >= 11 is 7.20. The molecule has 0 bridgehead atoms. The van der Waals surface area contributed by atoms with Crippen LogP contribution >= 0.6 is 22.9 Å². The predicted molar refractivity (Wildman–Crippen MR) is 106 cm³/mol. The zero-order chi connectivity index (χ0) is 19.6. The molecule has 9 heteroatoms. The number of hydrogen-bond donors (Lipinski definition) is 1. The second-order valence-corrected chi connectivity index (χ2v) is 9.88. The SMILES string of the molecule is CN(CC(=O)Nc1sc2c(c1C#N)CCCC2)S(=O)(=O)c1ccc(Cl)cc1. The van der Waals surface area contributed by atoms with Gasteiger partial charge < -0.3 is 5.32 Å². The molecular formula is C18H18ClN3O3S2. The number of anilines is 1. The van der Waals surface area contributed by atoms with E-state index < -0.39 is 15.9 Å². The zero-order valence-corrected chi connectivity index (χ0v) is 17.0. The van der Waals surface area contributed by atoms with Gasteiger partial charge in [0.1, 0.15) is 11.1 Å². The lowest BCUT2D eigenvalue weighted by Crippen LogP contribution is -2.34. The monoisotopic (exact) mass is 423 g/mol. The first-order valence-corrected chi connectivity index (χ1v) is 11.0. The Morgan fingerprint density at radius 1 is 1.30 bits per heavy atom. The van der Waals surface area contributed by atoms with Gasteiger partial charge in [0, 0.05) is 16.9 Å². The highest BCUT2D eigenvalue weighted by molar-refractivity contribution is 7.89. The summed E-state index contributed by atoms with van der Waals surface area (Å²) in [6.45, 7) is -0.349. The first-order chi connectivity index (χ1) is 12.8. The van der Waals surface area contributed by atoms with E-state index in [-0.39, 0.29) is 11.4 Å². The van der Waals surface area contributed by atoms with Crippen molar-refractivity contribution >= 4 is 43.9 Å². The van der Waals surface area contributed by atoms with Crippen LogP contribution in [0.2, 0.25) is 5.02 Å². The van der Waals surface area contributed by atoms with Crippen molar-refractivity contribution in [2.75, 3.05) is 18.9 Å². The smallest absolute Gasteiger partial charge is 0.243 e. The van der Waals surface area contributed by atoms with Crippen molar-refractivity contribution < 1.29 is 13.2 Å². The van der Waals surface area contributed by atoms with Crippen LogP contribution in [0.4, 0.5) is 5.00 Å². The summed E-state index contributed by atoms with van der Waals surface area (Å²) in [4.78, 5) is 13.6. The molecule has 1 aromatic carbocycles. The van der Waals surface area contributed by atoms with Gasteiger partial charge in [-0.3, -0.25) is 4.79 Å². The molecule has 1 aliphatic rings. The van der Waals surface area contributed by atoms with E-state index in [2.05, 4.69) is 11.4 Å². The Labute approximate surface area is 167 Å². The maximum atomic E-state index is 12.6. The summed E-state index contributed by atoms with van der Waals surface area (Å²) < 4.78 is 26.1. The minimum absolute atomic E-state index is 0.0616. The fourth-order valence-corrected chi connectivity index (χ4v) is 5.52. The topological polar surface area (TPSA) is 90.3 Å². The highest BCUT2D eigenvalue weighted by Gasteiger charge is 2.25. The Kier molecular flexibility index (Phi) is 5.86. The van der Waals surface area contributed by atoms with Crippen molar-refractivity contribution in [2.45, 2.75) is 30.6 Å². The number of hydrogen-bond acceptors (Lipinski definition) is 5. The summed E-state index contributed by atoms with van der Waals surface area (Å²) in [5.74, 6) is -0.481. The van der Waals surface area contributed by atoms with Crippen LogP contribution in [0.15, 0.2) is 29.2 Å². The van der Waals surface area contributed by atoms with E-state index in [1.807, 2.05) is 0 Å². The first kappa shape index (κ1) is 19.8. The molecule has 3 rings (SSSR count).